The zero-order chi connectivity index (χ0) is 15.2. The van der Waals surface area contributed by atoms with Gasteiger partial charge in [-0.2, -0.15) is 5.10 Å². The molecule has 0 bridgehead atoms. The minimum absolute atomic E-state index is 0.00918. The van der Waals surface area contributed by atoms with Gasteiger partial charge in [0.2, 0.25) is 0 Å². The van der Waals surface area contributed by atoms with Crippen molar-refractivity contribution >= 4 is 17.7 Å². The van der Waals surface area contributed by atoms with Gasteiger partial charge in [0.1, 0.15) is 12.0 Å². The molecular weight excluding hydrogens is 276 g/mol. The fourth-order valence-electron chi connectivity index (χ4n) is 1.52. The van der Waals surface area contributed by atoms with Crippen molar-refractivity contribution in [3.63, 3.8) is 0 Å². The molecule has 0 aliphatic rings. The summed E-state index contributed by atoms with van der Waals surface area (Å²) >= 11 is 0. The molecular formula is C13H12N4O4. The van der Waals surface area contributed by atoms with Gasteiger partial charge in [0.25, 0.3) is 5.69 Å². The van der Waals surface area contributed by atoms with Gasteiger partial charge >= 0.3 is 0 Å². The van der Waals surface area contributed by atoms with E-state index in [-0.39, 0.29) is 11.4 Å². The van der Waals surface area contributed by atoms with Crippen LogP contribution in [0, 0.1) is 10.1 Å². The third kappa shape index (κ3) is 3.66. The van der Waals surface area contributed by atoms with Gasteiger partial charge in [0.15, 0.2) is 11.5 Å². The molecule has 2 N–H and O–H groups in total. The number of methoxy groups -OCH3 is 1. The standard InChI is InChI=1S/C13H12N4O4/c1-21-12-4-2-9(6-11(12)18)7-15-16-13-5-3-10(8-14-13)17(19)20/h2-8,18H,1H3,(H,14,16). The second-order valence-corrected chi connectivity index (χ2v) is 3.96. The SMILES string of the molecule is COc1ccc(C=NNc2ccc([N+](=O)[O-])cn2)cc1O. The number of phenols is 1. The van der Waals surface area contributed by atoms with Gasteiger partial charge in [-0.1, -0.05) is 0 Å². The Morgan fingerprint density at radius 1 is 1.43 bits per heavy atom. The monoisotopic (exact) mass is 288 g/mol. The maximum atomic E-state index is 10.5. The minimum Gasteiger partial charge on any atom is -0.504 e. The first-order valence-corrected chi connectivity index (χ1v) is 5.86. The van der Waals surface area contributed by atoms with Crippen LogP contribution in [-0.4, -0.2) is 28.3 Å². The first-order valence-electron chi connectivity index (χ1n) is 5.86. The van der Waals surface area contributed by atoms with Crippen LogP contribution < -0.4 is 10.2 Å². The number of aromatic hydroxyl groups is 1. The minimum atomic E-state index is -0.528. The molecule has 21 heavy (non-hydrogen) atoms. The van der Waals surface area contributed by atoms with Gasteiger partial charge in [-0.05, 0) is 29.8 Å². The lowest BCUT2D eigenvalue weighted by atomic mass is 10.2. The summed E-state index contributed by atoms with van der Waals surface area (Å²) in [6.45, 7) is 0. The molecule has 0 unspecified atom stereocenters. The molecule has 0 fully saturated rings. The molecule has 1 heterocycles. The van der Waals surface area contributed by atoms with E-state index in [1.54, 1.807) is 12.1 Å². The summed E-state index contributed by atoms with van der Waals surface area (Å²) in [5, 5.41) is 24.0. The molecule has 8 nitrogen and oxygen atoms in total. The number of rotatable bonds is 5. The van der Waals surface area contributed by atoms with E-state index >= 15 is 0 Å². The van der Waals surface area contributed by atoms with Crippen LogP contribution in [-0.2, 0) is 0 Å². The number of benzene rings is 1. The number of hydrogen-bond donors (Lipinski definition) is 2. The lowest BCUT2D eigenvalue weighted by Crippen LogP contribution is -1.95. The van der Waals surface area contributed by atoms with Crippen LogP contribution in [0.1, 0.15) is 5.56 Å². The maximum Gasteiger partial charge on any atom is 0.287 e. The third-order valence-electron chi connectivity index (χ3n) is 2.55. The predicted octanol–water partition coefficient (Wildman–Crippen LogP) is 2.15. The van der Waals surface area contributed by atoms with Crippen molar-refractivity contribution < 1.29 is 14.8 Å². The van der Waals surface area contributed by atoms with Crippen LogP contribution >= 0.6 is 0 Å². The average Bonchev–Trinajstić information content (AvgIpc) is 2.48. The summed E-state index contributed by atoms with van der Waals surface area (Å²) < 4.78 is 4.93. The van der Waals surface area contributed by atoms with E-state index in [9.17, 15) is 15.2 Å². The Balaban J connectivity index is 2.01. The second kappa shape index (κ2) is 6.33. The van der Waals surface area contributed by atoms with E-state index in [2.05, 4.69) is 15.5 Å². The number of nitrogens with zero attached hydrogens (tertiary/aromatic N) is 3. The molecule has 2 rings (SSSR count). The van der Waals surface area contributed by atoms with E-state index in [4.69, 9.17) is 4.74 Å². The molecule has 0 spiro atoms. The number of nitro groups is 1. The Hall–Kier alpha value is -3.16. The number of nitrogens with one attached hydrogen (secondary N) is 1. The summed E-state index contributed by atoms with van der Waals surface area (Å²) in [7, 11) is 1.46. The number of aromatic nitrogens is 1. The Morgan fingerprint density at radius 2 is 2.24 bits per heavy atom. The van der Waals surface area contributed by atoms with Crippen LogP contribution in [0.5, 0.6) is 11.5 Å². The number of ether oxygens (including phenoxy) is 1. The van der Waals surface area contributed by atoms with Crippen molar-refractivity contribution in [1.82, 2.24) is 4.98 Å². The number of phenolic OH excluding ortho intramolecular Hbond substituents is 1. The zero-order valence-electron chi connectivity index (χ0n) is 11.1. The topological polar surface area (TPSA) is 110 Å². The first-order chi connectivity index (χ1) is 10.1. The number of anilines is 1. The molecule has 1 aromatic heterocycles. The fraction of sp³-hybridized carbons (Fsp3) is 0.0769. The largest absolute Gasteiger partial charge is 0.504 e. The summed E-state index contributed by atoms with van der Waals surface area (Å²) in [6.07, 6.45) is 2.61. The lowest BCUT2D eigenvalue weighted by Gasteiger charge is -2.03. The molecule has 1 aromatic carbocycles. The van der Waals surface area contributed by atoms with E-state index in [1.807, 2.05) is 0 Å². The predicted molar refractivity (Wildman–Crippen MR) is 76.8 cm³/mol. The van der Waals surface area contributed by atoms with E-state index < -0.39 is 4.92 Å². The normalized spacial score (nSPS) is 10.5. The molecule has 8 heteroatoms. The molecule has 0 amide bonds. The van der Waals surface area contributed by atoms with Crippen molar-refractivity contribution in [3.8, 4) is 11.5 Å². The lowest BCUT2D eigenvalue weighted by molar-refractivity contribution is -0.385. The number of hydrogen-bond acceptors (Lipinski definition) is 7. The number of hydrazone groups is 1. The summed E-state index contributed by atoms with van der Waals surface area (Å²) in [5.74, 6) is 0.752. The van der Waals surface area contributed by atoms with Gasteiger partial charge in [-0.25, -0.2) is 4.98 Å². The van der Waals surface area contributed by atoms with Crippen molar-refractivity contribution in [2.24, 2.45) is 5.10 Å². The van der Waals surface area contributed by atoms with Crippen molar-refractivity contribution in [1.29, 1.82) is 0 Å². The molecule has 2 aromatic rings. The highest BCUT2D eigenvalue weighted by Crippen LogP contribution is 2.25. The zero-order valence-corrected chi connectivity index (χ0v) is 11.1. The number of pyridine rings is 1. The molecule has 0 saturated heterocycles. The van der Waals surface area contributed by atoms with Crippen molar-refractivity contribution in [2.75, 3.05) is 12.5 Å². The van der Waals surface area contributed by atoms with Gasteiger partial charge in [-0.15, -0.1) is 0 Å². The summed E-state index contributed by atoms with van der Waals surface area (Å²) in [6, 6.07) is 7.59. The first kappa shape index (κ1) is 14.3. The van der Waals surface area contributed by atoms with E-state index in [1.165, 1.54) is 31.5 Å². The van der Waals surface area contributed by atoms with Crippen LogP contribution in [0.3, 0.4) is 0 Å². The Labute approximate surface area is 119 Å². The van der Waals surface area contributed by atoms with Gasteiger partial charge in [0.05, 0.1) is 18.2 Å². The van der Waals surface area contributed by atoms with Crippen LogP contribution in [0.25, 0.3) is 0 Å². The van der Waals surface area contributed by atoms with E-state index in [0.29, 0.717) is 17.1 Å². The van der Waals surface area contributed by atoms with Gasteiger partial charge in [0, 0.05) is 6.07 Å². The molecule has 0 aliphatic heterocycles. The summed E-state index contributed by atoms with van der Waals surface area (Å²) in [5.41, 5.74) is 3.19. The van der Waals surface area contributed by atoms with Crippen molar-refractivity contribution in [3.05, 3.63) is 52.2 Å². The quantitative estimate of drug-likeness (QED) is 0.495. The Morgan fingerprint density at radius 3 is 2.81 bits per heavy atom. The van der Waals surface area contributed by atoms with Gasteiger partial charge < -0.3 is 9.84 Å². The molecule has 108 valence electrons. The third-order valence-corrected chi connectivity index (χ3v) is 2.55. The van der Waals surface area contributed by atoms with E-state index in [0.717, 1.165) is 6.20 Å². The van der Waals surface area contributed by atoms with Crippen LogP contribution in [0.2, 0.25) is 0 Å². The van der Waals surface area contributed by atoms with Crippen LogP contribution in [0.4, 0.5) is 11.5 Å². The highest BCUT2D eigenvalue weighted by Gasteiger charge is 2.04. The molecule has 0 saturated carbocycles. The smallest absolute Gasteiger partial charge is 0.287 e. The van der Waals surface area contributed by atoms with Crippen LogP contribution in [0.15, 0.2) is 41.6 Å². The van der Waals surface area contributed by atoms with Crippen molar-refractivity contribution in [2.45, 2.75) is 0 Å². The highest BCUT2D eigenvalue weighted by molar-refractivity contribution is 5.81. The summed E-state index contributed by atoms with van der Waals surface area (Å²) in [4.78, 5) is 13.8. The fourth-order valence-corrected chi connectivity index (χ4v) is 1.52. The Kier molecular flexibility index (Phi) is 4.30. The molecule has 0 aliphatic carbocycles. The highest BCUT2D eigenvalue weighted by atomic mass is 16.6. The Bertz CT molecular complexity index is 670. The average molecular weight is 288 g/mol. The molecule has 0 atom stereocenters. The molecule has 0 radical (unpaired) electrons. The van der Waals surface area contributed by atoms with Gasteiger partial charge in [-0.3, -0.25) is 15.5 Å². The maximum absolute atomic E-state index is 10.5. The second-order valence-electron chi connectivity index (χ2n) is 3.96.